The topological polar surface area (TPSA) is 481 Å². The number of amides is 10. The summed E-state index contributed by atoms with van der Waals surface area (Å²) in [5.74, 6) is -12.4. The number of aliphatic hydroxyl groups is 4. The predicted molar refractivity (Wildman–Crippen MR) is 253 cm³/mol. The number of H-pyrrole nitrogens is 1. The maximum Gasteiger partial charge on any atom is 0.322 e. The van der Waals surface area contributed by atoms with E-state index < -0.39 is 158 Å². The lowest BCUT2D eigenvalue weighted by Crippen LogP contribution is -2.62. The monoisotopic (exact) mass is 1060 g/mol. The Labute approximate surface area is 419 Å². The van der Waals surface area contributed by atoms with Gasteiger partial charge in [-0.3, -0.25) is 52.7 Å². The van der Waals surface area contributed by atoms with Crippen LogP contribution in [0.2, 0.25) is 0 Å². The number of aromatic nitrogens is 2. The van der Waals surface area contributed by atoms with Crippen molar-refractivity contribution in [1.29, 1.82) is 0 Å². The number of imidazole rings is 1. The lowest BCUT2D eigenvalue weighted by atomic mass is 10.1. The molecule has 2 saturated heterocycles. The summed E-state index contributed by atoms with van der Waals surface area (Å²) in [4.78, 5) is 155. The molecule has 19 N–H and O–H groups in total. The number of hydrogen-bond donors (Lipinski definition) is 17. The molecule has 1 aromatic rings. The first-order chi connectivity index (χ1) is 34.3. The standard InChI is InChI=1S/C40H64N14O16S2/c1-19(42)31(61)52-28-17-72-71-16-27(32(62)44-11-30(59)60)53-34(64)22(9-20-10-43-18-45-20)47-33(63)21(5-2-3-7-41)46-35(65)25(14-57)50-39(69)29-6-4-8-54(29)40(70)26(15-58)51-37(67)24(13-56)48-36(66)23(12-55)49-38(28)68/h10,18-19,21-29,55-58H,2-9,11-17,41-42H2,1H3,(H,43,45)(H,44,62)(H,46,65)(H,47,63)(H,48,66)(H,49,68)(H,50,69)(H,51,67)(H,52,61)(H,53,64)(H,59,60). The maximum atomic E-state index is 14.1. The fourth-order valence-electron chi connectivity index (χ4n) is 6.95. The number of carbonyl (C=O) groups excluding carboxylic acids is 10. The van der Waals surface area contributed by atoms with Crippen LogP contribution in [0.3, 0.4) is 0 Å². The molecule has 2 aliphatic heterocycles. The third-order valence-corrected chi connectivity index (χ3v) is 13.3. The van der Waals surface area contributed by atoms with E-state index in [4.69, 9.17) is 11.5 Å². The molecule has 0 aromatic carbocycles. The normalized spacial score (nSPS) is 26.6. The Bertz CT molecular complexity index is 2060. The van der Waals surface area contributed by atoms with Gasteiger partial charge in [0, 0.05) is 36.4 Å². The first-order valence-corrected chi connectivity index (χ1v) is 25.1. The number of nitrogens with two attached hydrogens (primary N) is 2. The third kappa shape index (κ3) is 18.8. The summed E-state index contributed by atoms with van der Waals surface area (Å²) in [6.45, 7) is -3.69. The van der Waals surface area contributed by atoms with E-state index >= 15 is 0 Å². The molecule has 10 amide bonds. The Morgan fingerprint density at radius 1 is 0.736 bits per heavy atom. The van der Waals surface area contributed by atoms with E-state index in [9.17, 15) is 78.3 Å². The van der Waals surface area contributed by atoms with Crippen LogP contribution in [0.15, 0.2) is 12.5 Å². The average molecular weight is 1060 g/mol. The average Bonchev–Trinajstić information content (AvgIpc) is 4.07. The predicted octanol–water partition coefficient (Wildman–Crippen LogP) is -9.14. The van der Waals surface area contributed by atoms with Gasteiger partial charge in [0.1, 0.15) is 60.9 Å². The Kier molecular flexibility index (Phi) is 25.6. The van der Waals surface area contributed by atoms with Crippen molar-refractivity contribution >= 4 is 86.6 Å². The number of fused-ring (bicyclic) bond motifs is 1. The first kappa shape index (κ1) is 60.1. The summed E-state index contributed by atoms with van der Waals surface area (Å²) in [5.41, 5.74) is 11.7. The largest absolute Gasteiger partial charge is 0.480 e. The highest BCUT2D eigenvalue weighted by atomic mass is 33.1. The molecule has 402 valence electrons. The van der Waals surface area contributed by atoms with Gasteiger partial charge in [-0.05, 0) is 45.6 Å². The molecular weight excluding hydrogens is 997 g/mol. The van der Waals surface area contributed by atoms with Crippen LogP contribution in [0.1, 0.15) is 44.7 Å². The van der Waals surface area contributed by atoms with Crippen molar-refractivity contribution in [1.82, 2.24) is 62.7 Å². The number of nitrogens with zero attached hydrogens (tertiary/aromatic N) is 2. The minimum Gasteiger partial charge on any atom is -0.480 e. The van der Waals surface area contributed by atoms with Crippen molar-refractivity contribution in [3.8, 4) is 0 Å². The van der Waals surface area contributed by atoms with Gasteiger partial charge < -0.3 is 94.7 Å². The van der Waals surface area contributed by atoms with Crippen molar-refractivity contribution in [2.75, 3.05) is 57.6 Å². The second kappa shape index (κ2) is 30.7. The van der Waals surface area contributed by atoms with Crippen LogP contribution in [0.5, 0.6) is 0 Å². The molecule has 32 heteroatoms. The Morgan fingerprint density at radius 2 is 1.26 bits per heavy atom. The molecule has 0 radical (unpaired) electrons. The summed E-state index contributed by atoms with van der Waals surface area (Å²) in [6, 6.07) is -15.6. The summed E-state index contributed by atoms with van der Waals surface area (Å²) < 4.78 is 0. The summed E-state index contributed by atoms with van der Waals surface area (Å²) in [7, 11) is 1.70. The molecule has 10 unspecified atom stereocenters. The van der Waals surface area contributed by atoms with E-state index in [0.29, 0.717) is 12.1 Å². The van der Waals surface area contributed by atoms with Crippen LogP contribution < -0.4 is 59.3 Å². The van der Waals surface area contributed by atoms with Gasteiger partial charge in [0.05, 0.1) is 38.8 Å². The fourth-order valence-corrected chi connectivity index (χ4v) is 9.28. The second-order valence-electron chi connectivity index (χ2n) is 16.4. The molecule has 0 bridgehead atoms. The summed E-state index contributed by atoms with van der Waals surface area (Å²) in [5, 5.41) is 70.8. The van der Waals surface area contributed by atoms with E-state index in [1.54, 1.807) is 0 Å². The van der Waals surface area contributed by atoms with Crippen molar-refractivity contribution < 1.29 is 78.3 Å². The van der Waals surface area contributed by atoms with Crippen LogP contribution in [0, 0.1) is 0 Å². The Morgan fingerprint density at radius 3 is 1.82 bits per heavy atom. The maximum absolute atomic E-state index is 14.1. The van der Waals surface area contributed by atoms with E-state index in [-0.39, 0.29) is 56.7 Å². The van der Waals surface area contributed by atoms with Crippen LogP contribution >= 0.6 is 21.6 Å². The number of carboxylic acid groups (broad SMARTS) is 1. The van der Waals surface area contributed by atoms with E-state index in [2.05, 4.69) is 57.8 Å². The molecule has 30 nitrogen and oxygen atoms in total. The number of hydrogen-bond acceptors (Lipinski definition) is 20. The Hall–Kier alpha value is -6.16. The van der Waals surface area contributed by atoms with Crippen molar-refractivity contribution in [2.45, 2.75) is 106 Å². The van der Waals surface area contributed by atoms with Crippen molar-refractivity contribution in [3.05, 3.63) is 18.2 Å². The first-order valence-electron chi connectivity index (χ1n) is 22.6. The molecule has 0 saturated carbocycles. The van der Waals surface area contributed by atoms with Crippen molar-refractivity contribution in [2.24, 2.45) is 11.5 Å². The molecule has 2 fully saturated rings. The van der Waals surface area contributed by atoms with Crippen LogP contribution in [-0.2, 0) is 59.2 Å². The van der Waals surface area contributed by atoms with Gasteiger partial charge in [0.2, 0.25) is 59.1 Å². The van der Waals surface area contributed by atoms with Crippen LogP contribution in [0.4, 0.5) is 0 Å². The van der Waals surface area contributed by atoms with Gasteiger partial charge in [-0.1, -0.05) is 21.6 Å². The number of aliphatic hydroxyl groups excluding tert-OH is 4. The fraction of sp³-hybridized carbons (Fsp3) is 0.650. The second-order valence-corrected chi connectivity index (χ2v) is 19.0. The van der Waals surface area contributed by atoms with Gasteiger partial charge in [0.25, 0.3) is 0 Å². The zero-order valence-electron chi connectivity index (χ0n) is 39.1. The van der Waals surface area contributed by atoms with Gasteiger partial charge in [-0.15, -0.1) is 0 Å². The molecule has 3 rings (SSSR count). The minimum absolute atomic E-state index is 0.0200. The van der Waals surface area contributed by atoms with Gasteiger partial charge in [-0.25, -0.2) is 4.98 Å². The number of aromatic amines is 1. The molecule has 1 aromatic heterocycles. The Balaban J connectivity index is 2.08. The highest BCUT2D eigenvalue weighted by Crippen LogP contribution is 2.24. The van der Waals surface area contributed by atoms with Crippen molar-refractivity contribution in [3.63, 3.8) is 0 Å². The third-order valence-electron chi connectivity index (χ3n) is 10.9. The summed E-state index contributed by atoms with van der Waals surface area (Å²) in [6.07, 6.45) is 3.17. The molecule has 72 heavy (non-hydrogen) atoms. The van der Waals surface area contributed by atoms with E-state index in [1.807, 2.05) is 0 Å². The number of carboxylic acids is 1. The number of aliphatic carboxylic acids is 1. The lowest BCUT2D eigenvalue weighted by Gasteiger charge is -2.30. The number of unbranched alkanes of at least 4 members (excludes halogenated alkanes) is 1. The molecular formula is C40H64N14O16S2. The summed E-state index contributed by atoms with van der Waals surface area (Å²) >= 11 is 0. The number of rotatable bonds is 15. The highest BCUT2D eigenvalue weighted by Gasteiger charge is 2.40. The van der Waals surface area contributed by atoms with Gasteiger partial charge in [-0.2, -0.15) is 0 Å². The molecule has 0 aliphatic carbocycles. The zero-order chi connectivity index (χ0) is 53.5. The zero-order valence-corrected chi connectivity index (χ0v) is 40.8. The molecule has 2 aliphatic rings. The van der Waals surface area contributed by atoms with E-state index in [1.165, 1.54) is 19.4 Å². The molecule has 3 heterocycles. The smallest absolute Gasteiger partial charge is 0.322 e. The van der Waals surface area contributed by atoms with Crippen LogP contribution in [0.25, 0.3) is 0 Å². The van der Waals surface area contributed by atoms with Crippen LogP contribution in [-0.4, -0.2) is 223 Å². The van der Waals surface area contributed by atoms with Gasteiger partial charge in [0.15, 0.2) is 0 Å². The number of nitrogens with one attached hydrogen (secondary N) is 10. The highest BCUT2D eigenvalue weighted by molar-refractivity contribution is 8.76. The lowest BCUT2D eigenvalue weighted by molar-refractivity contribution is -0.143. The van der Waals surface area contributed by atoms with Gasteiger partial charge >= 0.3 is 5.97 Å². The van der Waals surface area contributed by atoms with E-state index in [0.717, 1.165) is 26.5 Å². The molecule has 0 spiro atoms. The molecule has 10 atom stereocenters. The number of carbonyl (C=O) groups is 11. The quantitative estimate of drug-likeness (QED) is 0.0573. The SMILES string of the molecule is CC(N)C(=O)NC1CSSCC(C(=O)NCC(=O)O)NC(=O)C(Cc2cnc[nH]2)NC(=O)C(CCCCN)NC(=O)C(CO)NC(=O)C2CCCN2C(=O)C(CO)NC(=O)C(CO)NC(=O)C(CO)NC1=O. The minimum atomic E-state index is -1.86.